The zero-order chi connectivity index (χ0) is 20.1. The molecule has 0 bridgehead atoms. The molecule has 28 heavy (non-hydrogen) atoms. The third-order valence-electron chi connectivity index (χ3n) is 3.81. The van der Waals surface area contributed by atoms with Crippen LogP contribution in [-0.4, -0.2) is 5.91 Å². The van der Waals surface area contributed by atoms with Gasteiger partial charge in [-0.1, -0.05) is 35.3 Å². The van der Waals surface area contributed by atoms with Crippen LogP contribution in [0.3, 0.4) is 0 Å². The molecule has 0 saturated heterocycles. The summed E-state index contributed by atoms with van der Waals surface area (Å²) >= 11 is 12.3. The molecule has 0 atom stereocenters. The number of anilines is 1. The normalized spacial score (nSPS) is 10.2. The molecule has 1 amide bonds. The summed E-state index contributed by atoms with van der Waals surface area (Å²) < 4.78 is 18.8. The number of hydrogen-bond acceptors (Lipinski definition) is 3. The van der Waals surface area contributed by atoms with Gasteiger partial charge in [-0.2, -0.15) is 5.26 Å². The SMILES string of the molecule is N#Cc1ccc(Cl)c(C(=O)Nc2ccc(OCc3cccc(F)c3)c(Cl)c2)c1. The van der Waals surface area contributed by atoms with E-state index >= 15 is 0 Å². The fourth-order valence-corrected chi connectivity index (χ4v) is 2.89. The van der Waals surface area contributed by atoms with Crippen molar-refractivity contribution in [2.24, 2.45) is 0 Å². The second-order valence-corrected chi connectivity index (χ2v) is 6.64. The van der Waals surface area contributed by atoms with Gasteiger partial charge in [0.15, 0.2) is 0 Å². The highest BCUT2D eigenvalue weighted by Gasteiger charge is 2.13. The number of hydrogen-bond donors (Lipinski definition) is 1. The first-order valence-corrected chi connectivity index (χ1v) is 8.89. The van der Waals surface area contributed by atoms with Crippen molar-refractivity contribution in [1.29, 1.82) is 5.26 Å². The first-order valence-electron chi connectivity index (χ1n) is 8.14. The highest BCUT2D eigenvalue weighted by molar-refractivity contribution is 6.34. The van der Waals surface area contributed by atoms with Crippen molar-refractivity contribution in [3.8, 4) is 11.8 Å². The maximum absolute atomic E-state index is 13.2. The molecule has 0 aliphatic heterocycles. The predicted octanol–water partition coefficient (Wildman–Crippen LogP) is 5.84. The van der Waals surface area contributed by atoms with Crippen molar-refractivity contribution >= 4 is 34.8 Å². The van der Waals surface area contributed by atoms with Gasteiger partial charge in [0.25, 0.3) is 5.91 Å². The lowest BCUT2D eigenvalue weighted by atomic mass is 10.1. The standard InChI is InChI=1S/C21H13Cl2FN2O2/c22-18-6-4-13(11-25)9-17(18)21(27)26-16-5-7-20(19(23)10-16)28-12-14-2-1-3-15(24)8-14/h1-10H,12H2,(H,26,27). The van der Waals surface area contributed by atoms with Gasteiger partial charge in [-0.15, -0.1) is 0 Å². The number of nitrogens with one attached hydrogen (secondary N) is 1. The van der Waals surface area contributed by atoms with Gasteiger partial charge < -0.3 is 10.1 Å². The molecule has 3 rings (SSSR count). The van der Waals surface area contributed by atoms with Gasteiger partial charge in [-0.05, 0) is 54.1 Å². The van der Waals surface area contributed by atoms with E-state index in [2.05, 4.69) is 5.32 Å². The van der Waals surface area contributed by atoms with Crippen molar-refractivity contribution < 1.29 is 13.9 Å². The molecule has 4 nitrogen and oxygen atoms in total. The zero-order valence-corrected chi connectivity index (χ0v) is 15.9. The van der Waals surface area contributed by atoms with Crippen LogP contribution in [0.2, 0.25) is 10.0 Å². The number of nitriles is 1. The van der Waals surface area contributed by atoms with Crippen molar-refractivity contribution in [3.63, 3.8) is 0 Å². The Bertz CT molecular complexity index is 1080. The Kier molecular flexibility index (Phi) is 6.15. The fourth-order valence-electron chi connectivity index (χ4n) is 2.45. The number of carbonyl (C=O) groups is 1. The first kappa shape index (κ1) is 19.7. The second kappa shape index (κ2) is 8.75. The lowest BCUT2D eigenvalue weighted by Gasteiger charge is -2.11. The highest BCUT2D eigenvalue weighted by Crippen LogP contribution is 2.29. The summed E-state index contributed by atoms with van der Waals surface area (Å²) in [5.74, 6) is -0.413. The zero-order valence-electron chi connectivity index (χ0n) is 14.4. The van der Waals surface area contributed by atoms with Crippen molar-refractivity contribution in [2.75, 3.05) is 5.32 Å². The molecule has 0 aliphatic carbocycles. The van der Waals surface area contributed by atoms with Gasteiger partial charge in [0, 0.05) is 5.69 Å². The number of carbonyl (C=O) groups excluding carboxylic acids is 1. The first-order chi connectivity index (χ1) is 13.5. The molecule has 3 aromatic carbocycles. The number of rotatable bonds is 5. The minimum Gasteiger partial charge on any atom is -0.487 e. The maximum Gasteiger partial charge on any atom is 0.257 e. The summed E-state index contributed by atoms with van der Waals surface area (Å²) in [6.45, 7) is 0.153. The molecule has 0 aromatic heterocycles. The molecule has 7 heteroatoms. The van der Waals surface area contributed by atoms with E-state index in [1.165, 1.54) is 36.4 Å². The smallest absolute Gasteiger partial charge is 0.257 e. The fraction of sp³-hybridized carbons (Fsp3) is 0.0476. The van der Waals surface area contributed by atoms with Crippen LogP contribution in [0.4, 0.5) is 10.1 Å². The van der Waals surface area contributed by atoms with Gasteiger partial charge >= 0.3 is 0 Å². The van der Waals surface area contributed by atoms with Crippen LogP contribution >= 0.6 is 23.2 Å². The molecule has 0 saturated carbocycles. The van der Waals surface area contributed by atoms with Crippen LogP contribution in [0.1, 0.15) is 21.5 Å². The molecule has 3 aromatic rings. The van der Waals surface area contributed by atoms with Gasteiger partial charge in [-0.3, -0.25) is 4.79 Å². The summed E-state index contributed by atoms with van der Waals surface area (Å²) in [6.07, 6.45) is 0. The molecular formula is C21H13Cl2FN2O2. The van der Waals surface area contributed by atoms with E-state index in [-0.39, 0.29) is 28.0 Å². The van der Waals surface area contributed by atoms with Gasteiger partial charge in [0.1, 0.15) is 18.2 Å². The summed E-state index contributed by atoms with van der Waals surface area (Å²) in [6, 6.07) is 17.2. The third kappa shape index (κ3) is 4.80. The Morgan fingerprint density at radius 3 is 2.61 bits per heavy atom. The second-order valence-electron chi connectivity index (χ2n) is 5.82. The van der Waals surface area contributed by atoms with E-state index in [1.807, 2.05) is 6.07 Å². The number of nitrogens with zero attached hydrogens (tertiary/aromatic N) is 1. The lowest BCUT2D eigenvalue weighted by Crippen LogP contribution is -2.12. The van der Waals surface area contributed by atoms with Crippen LogP contribution in [-0.2, 0) is 6.61 Å². The molecule has 0 spiro atoms. The molecule has 1 N–H and O–H groups in total. The predicted molar refractivity (Wildman–Crippen MR) is 106 cm³/mol. The van der Waals surface area contributed by atoms with Gasteiger partial charge in [-0.25, -0.2) is 4.39 Å². The van der Waals surface area contributed by atoms with Crippen LogP contribution in [0.25, 0.3) is 0 Å². The average molecular weight is 415 g/mol. The number of halogens is 3. The van der Waals surface area contributed by atoms with Crippen LogP contribution in [0, 0.1) is 17.1 Å². The molecule has 0 heterocycles. The Balaban J connectivity index is 1.70. The van der Waals surface area contributed by atoms with E-state index in [1.54, 1.807) is 24.3 Å². The molecular weight excluding hydrogens is 402 g/mol. The molecule has 0 fully saturated rings. The quantitative estimate of drug-likeness (QED) is 0.570. The minimum absolute atomic E-state index is 0.153. The summed E-state index contributed by atoms with van der Waals surface area (Å²) in [5.41, 5.74) is 1.61. The van der Waals surface area contributed by atoms with Crippen molar-refractivity contribution in [3.05, 3.63) is 93.2 Å². The van der Waals surface area contributed by atoms with E-state index in [4.69, 9.17) is 33.2 Å². The van der Waals surface area contributed by atoms with E-state index in [0.29, 0.717) is 22.6 Å². The van der Waals surface area contributed by atoms with Crippen molar-refractivity contribution in [2.45, 2.75) is 6.61 Å². The van der Waals surface area contributed by atoms with Crippen molar-refractivity contribution in [1.82, 2.24) is 0 Å². The average Bonchev–Trinajstić information content (AvgIpc) is 2.67. The monoisotopic (exact) mass is 414 g/mol. The number of ether oxygens (including phenoxy) is 1. The highest BCUT2D eigenvalue weighted by atomic mass is 35.5. The Hall–Kier alpha value is -3.07. The summed E-state index contributed by atoms with van der Waals surface area (Å²) in [4.78, 5) is 12.4. The Morgan fingerprint density at radius 2 is 1.89 bits per heavy atom. The molecule has 0 radical (unpaired) electrons. The number of benzene rings is 3. The van der Waals surface area contributed by atoms with E-state index in [0.717, 1.165) is 0 Å². The van der Waals surface area contributed by atoms with Crippen LogP contribution < -0.4 is 10.1 Å². The van der Waals surface area contributed by atoms with Gasteiger partial charge in [0.05, 0.1) is 27.2 Å². The Morgan fingerprint density at radius 1 is 1.07 bits per heavy atom. The topological polar surface area (TPSA) is 62.1 Å². The lowest BCUT2D eigenvalue weighted by molar-refractivity contribution is 0.102. The van der Waals surface area contributed by atoms with E-state index < -0.39 is 5.91 Å². The van der Waals surface area contributed by atoms with E-state index in [9.17, 15) is 9.18 Å². The largest absolute Gasteiger partial charge is 0.487 e. The Labute approximate surface area is 171 Å². The van der Waals surface area contributed by atoms with Gasteiger partial charge in [0.2, 0.25) is 0 Å². The van der Waals surface area contributed by atoms with Crippen LogP contribution in [0.5, 0.6) is 5.75 Å². The third-order valence-corrected chi connectivity index (χ3v) is 4.44. The maximum atomic E-state index is 13.2. The molecule has 0 unspecified atom stereocenters. The van der Waals surface area contributed by atoms with Crippen LogP contribution in [0.15, 0.2) is 60.7 Å². The summed E-state index contributed by atoms with van der Waals surface area (Å²) in [7, 11) is 0. The molecule has 140 valence electrons. The minimum atomic E-state index is -0.466. The number of amides is 1. The summed E-state index contributed by atoms with van der Waals surface area (Å²) in [5, 5.41) is 12.2. The molecule has 0 aliphatic rings.